The SMILES string of the molecule is CC1SCC(C(Cc2cc(Br)ccc2F)NN)SC1C. The highest BCUT2D eigenvalue weighted by Crippen LogP contribution is 2.37. The molecular formula is C14H20BrFN2S2. The molecule has 2 nitrogen and oxygen atoms in total. The van der Waals surface area contributed by atoms with E-state index in [4.69, 9.17) is 5.84 Å². The highest BCUT2D eigenvalue weighted by Gasteiger charge is 2.31. The van der Waals surface area contributed by atoms with Crippen molar-refractivity contribution in [2.24, 2.45) is 5.84 Å². The molecule has 1 fully saturated rings. The number of thioether (sulfide) groups is 2. The van der Waals surface area contributed by atoms with E-state index in [2.05, 4.69) is 35.2 Å². The monoisotopic (exact) mass is 378 g/mol. The van der Waals surface area contributed by atoms with E-state index in [1.54, 1.807) is 6.07 Å². The van der Waals surface area contributed by atoms with Gasteiger partial charge >= 0.3 is 0 Å². The van der Waals surface area contributed by atoms with Gasteiger partial charge in [0.25, 0.3) is 0 Å². The second-order valence-corrected chi connectivity index (χ2v) is 9.08. The number of hydrogen-bond donors (Lipinski definition) is 2. The van der Waals surface area contributed by atoms with Gasteiger partial charge in [-0.05, 0) is 30.2 Å². The zero-order chi connectivity index (χ0) is 14.7. The molecule has 0 bridgehead atoms. The van der Waals surface area contributed by atoms with Crippen molar-refractivity contribution >= 4 is 39.5 Å². The molecule has 1 heterocycles. The van der Waals surface area contributed by atoms with Gasteiger partial charge in [0.1, 0.15) is 5.82 Å². The van der Waals surface area contributed by atoms with Crippen LogP contribution in [0.4, 0.5) is 4.39 Å². The smallest absolute Gasteiger partial charge is 0.126 e. The molecule has 112 valence electrons. The van der Waals surface area contributed by atoms with E-state index in [1.807, 2.05) is 29.6 Å². The molecular weight excluding hydrogens is 359 g/mol. The molecule has 6 heteroatoms. The van der Waals surface area contributed by atoms with E-state index in [0.29, 0.717) is 27.7 Å². The van der Waals surface area contributed by atoms with Gasteiger partial charge in [-0.15, -0.1) is 0 Å². The Morgan fingerprint density at radius 3 is 2.85 bits per heavy atom. The summed E-state index contributed by atoms with van der Waals surface area (Å²) in [4.78, 5) is 0. The fraction of sp³-hybridized carbons (Fsp3) is 0.571. The van der Waals surface area contributed by atoms with Gasteiger partial charge in [-0.3, -0.25) is 11.3 Å². The number of hydrogen-bond acceptors (Lipinski definition) is 4. The first-order chi connectivity index (χ1) is 9.51. The molecule has 0 aliphatic carbocycles. The normalized spacial score (nSPS) is 28.4. The van der Waals surface area contributed by atoms with E-state index < -0.39 is 0 Å². The van der Waals surface area contributed by atoms with Crippen molar-refractivity contribution in [3.8, 4) is 0 Å². The summed E-state index contributed by atoms with van der Waals surface area (Å²) in [5, 5.41) is 1.67. The molecule has 4 atom stereocenters. The minimum Gasteiger partial charge on any atom is -0.271 e. The lowest BCUT2D eigenvalue weighted by molar-refractivity contribution is 0.505. The maximum Gasteiger partial charge on any atom is 0.126 e. The molecule has 1 aliphatic rings. The third kappa shape index (κ3) is 4.13. The summed E-state index contributed by atoms with van der Waals surface area (Å²) in [5.41, 5.74) is 3.59. The highest BCUT2D eigenvalue weighted by atomic mass is 79.9. The number of hydrazine groups is 1. The summed E-state index contributed by atoms with van der Waals surface area (Å²) < 4.78 is 14.8. The van der Waals surface area contributed by atoms with Crippen LogP contribution in [0.15, 0.2) is 22.7 Å². The molecule has 4 unspecified atom stereocenters. The van der Waals surface area contributed by atoms with Crippen molar-refractivity contribution in [3.05, 3.63) is 34.1 Å². The van der Waals surface area contributed by atoms with E-state index in [9.17, 15) is 4.39 Å². The summed E-state index contributed by atoms with van der Waals surface area (Å²) in [6.45, 7) is 4.51. The Morgan fingerprint density at radius 2 is 2.20 bits per heavy atom. The van der Waals surface area contributed by atoms with Crippen LogP contribution in [0, 0.1) is 5.82 Å². The Morgan fingerprint density at radius 1 is 1.45 bits per heavy atom. The number of nitrogens with one attached hydrogen (secondary N) is 1. The van der Waals surface area contributed by atoms with E-state index in [-0.39, 0.29) is 11.9 Å². The molecule has 0 saturated carbocycles. The Kier molecular flexibility index (Phi) is 6.23. The van der Waals surface area contributed by atoms with Gasteiger partial charge in [-0.25, -0.2) is 4.39 Å². The van der Waals surface area contributed by atoms with Gasteiger partial charge in [-0.2, -0.15) is 23.5 Å². The van der Waals surface area contributed by atoms with Gasteiger partial charge in [0.2, 0.25) is 0 Å². The molecule has 1 aliphatic heterocycles. The fourth-order valence-corrected chi connectivity index (χ4v) is 5.77. The van der Waals surface area contributed by atoms with Crippen LogP contribution in [-0.4, -0.2) is 27.5 Å². The molecule has 0 amide bonds. The lowest BCUT2D eigenvalue weighted by Gasteiger charge is -2.35. The summed E-state index contributed by atoms with van der Waals surface area (Å²) in [6, 6.07) is 5.15. The van der Waals surface area contributed by atoms with Crippen LogP contribution in [0.25, 0.3) is 0 Å². The van der Waals surface area contributed by atoms with Crippen LogP contribution in [0.1, 0.15) is 19.4 Å². The average molecular weight is 379 g/mol. The number of rotatable bonds is 4. The van der Waals surface area contributed by atoms with Crippen LogP contribution in [0.3, 0.4) is 0 Å². The molecule has 1 aromatic rings. The van der Waals surface area contributed by atoms with Crippen molar-refractivity contribution in [3.63, 3.8) is 0 Å². The molecule has 3 N–H and O–H groups in total. The van der Waals surface area contributed by atoms with E-state index in [0.717, 1.165) is 10.2 Å². The lowest BCUT2D eigenvalue weighted by atomic mass is 10.0. The minimum absolute atomic E-state index is 0.0891. The molecule has 0 radical (unpaired) electrons. The summed E-state index contributed by atoms with van der Waals surface area (Å²) in [6.07, 6.45) is 0.612. The van der Waals surface area contributed by atoms with Crippen molar-refractivity contribution in [1.29, 1.82) is 0 Å². The number of benzene rings is 1. The highest BCUT2D eigenvalue weighted by molar-refractivity contribution is 9.10. The van der Waals surface area contributed by atoms with Gasteiger partial charge in [0.15, 0.2) is 0 Å². The van der Waals surface area contributed by atoms with Gasteiger partial charge in [0.05, 0.1) is 0 Å². The summed E-state index contributed by atoms with van der Waals surface area (Å²) in [7, 11) is 0. The predicted octanol–water partition coefficient (Wildman–Crippen LogP) is 3.59. The maximum absolute atomic E-state index is 13.9. The molecule has 20 heavy (non-hydrogen) atoms. The van der Waals surface area contributed by atoms with Gasteiger partial charge in [-0.1, -0.05) is 29.8 Å². The van der Waals surface area contributed by atoms with Gasteiger partial charge < -0.3 is 0 Å². The lowest BCUT2D eigenvalue weighted by Crippen LogP contribution is -2.47. The number of halogens is 2. The Balaban J connectivity index is 2.07. The van der Waals surface area contributed by atoms with Crippen LogP contribution < -0.4 is 11.3 Å². The van der Waals surface area contributed by atoms with Crippen LogP contribution >= 0.6 is 39.5 Å². The van der Waals surface area contributed by atoms with Crippen LogP contribution in [0.5, 0.6) is 0 Å². The van der Waals surface area contributed by atoms with Crippen molar-refractivity contribution in [1.82, 2.24) is 5.43 Å². The average Bonchev–Trinajstić information content (AvgIpc) is 2.43. The minimum atomic E-state index is -0.164. The van der Waals surface area contributed by atoms with E-state index >= 15 is 0 Å². The quantitative estimate of drug-likeness (QED) is 0.620. The first-order valence-corrected chi connectivity index (χ1v) is 9.47. The zero-order valence-electron chi connectivity index (χ0n) is 11.6. The fourth-order valence-electron chi connectivity index (χ4n) is 2.25. The maximum atomic E-state index is 13.9. The summed E-state index contributed by atoms with van der Waals surface area (Å²) in [5.74, 6) is 6.61. The Bertz CT molecular complexity index is 461. The number of nitrogens with two attached hydrogens (primary N) is 1. The molecule has 1 aromatic carbocycles. The zero-order valence-corrected chi connectivity index (χ0v) is 14.8. The largest absolute Gasteiger partial charge is 0.271 e. The second-order valence-electron chi connectivity index (χ2n) is 5.13. The van der Waals surface area contributed by atoms with Crippen LogP contribution in [-0.2, 0) is 6.42 Å². The third-order valence-electron chi connectivity index (χ3n) is 3.68. The van der Waals surface area contributed by atoms with Crippen LogP contribution in [0.2, 0.25) is 0 Å². The van der Waals surface area contributed by atoms with E-state index in [1.165, 1.54) is 6.07 Å². The first-order valence-electron chi connectivity index (χ1n) is 6.68. The molecule has 1 saturated heterocycles. The van der Waals surface area contributed by atoms with Crippen molar-refractivity contribution in [2.75, 3.05) is 5.75 Å². The topological polar surface area (TPSA) is 38.0 Å². The van der Waals surface area contributed by atoms with Crippen molar-refractivity contribution < 1.29 is 4.39 Å². The Hall–Kier alpha value is 0.250. The summed E-state index contributed by atoms with van der Waals surface area (Å²) >= 11 is 7.33. The van der Waals surface area contributed by atoms with Gasteiger partial charge in [0, 0.05) is 32.0 Å². The molecule has 2 rings (SSSR count). The molecule has 0 spiro atoms. The second kappa shape index (κ2) is 7.49. The third-order valence-corrected chi connectivity index (χ3v) is 7.73. The predicted molar refractivity (Wildman–Crippen MR) is 91.7 cm³/mol. The Labute approximate surface area is 136 Å². The standard InChI is InChI=1S/C14H20BrFN2S2/c1-8-9(2)20-14(7-19-8)13(18-17)6-10-5-11(15)3-4-12(10)16/h3-5,8-9,13-14,18H,6-7,17H2,1-2H3. The van der Waals surface area contributed by atoms with Crippen molar-refractivity contribution in [2.45, 2.75) is 42.1 Å². The molecule has 0 aromatic heterocycles. The first kappa shape index (κ1) is 16.6.